The second-order valence-electron chi connectivity index (χ2n) is 5.74. The van der Waals surface area contributed by atoms with E-state index >= 15 is 0 Å². The molecule has 4 heteroatoms. The van der Waals surface area contributed by atoms with Crippen molar-refractivity contribution in [3.8, 4) is 5.75 Å². The summed E-state index contributed by atoms with van der Waals surface area (Å²) in [5, 5.41) is 9.00. The van der Waals surface area contributed by atoms with E-state index in [-0.39, 0.29) is 5.92 Å². The van der Waals surface area contributed by atoms with Gasteiger partial charge in [-0.25, -0.2) is 0 Å². The van der Waals surface area contributed by atoms with Crippen molar-refractivity contribution in [2.45, 2.75) is 26.3 Å². The molecule has 20 heavy (non-hydrogen) atoms. The summed E-state index contributed by atoms with van der Waals surface area (Å²) < 4.78 is 5.15. The van der Waals surface area contributed by atoms with Gasteiger partial charge in [-0.3, -0.25) is 9.69 Å². The number of rotatable bonds is 6. The first kappa shape index (κ1) is 14.9. The Bertz CT molecular complexity index is 451. The largest absolute Gasteiger partial charge is 0.497 e. The minimum absolute atomic E-state index is 0.237. The van der Waals surface area contributed by atoms with Gasteiger partial charge in [0.2, 0.25) is 0 Å². The maximum atomic E-state index is 10.9. The zero-order valence-corrected chi connectivity index (χ0v) is 12.4. The van der Waals surface area contributed by atoms with Gasteiger partial charge < -0.3 is 9.84 Å². The van der Waals surface area contributed by atoms with Crippen molar-refractivity contribution in [3.05, 3.63) is 29.8 Å². The molecule has 0 aliphatic carbocycles. The highest BCUT2D eigenvalue weighted by atomic mass is 16.5. The summed E-state index contributed by atoms with van der Waals surface area (Å²) in [6.07, 6.45) is 0.984. The third-order valence-electron chi connectivity index (χ3n) is 4.35. The standard InChI is InChI=1S/C16H23NO3/c1-11(8-13-4-6-15(20-3)7-5-13)17-9-14(10-17)12(2)16(18)19/h4-7,11-12,14H,8-10H2,1-3H3,(H,18,19). The van der Waals surface area contributed by atoms with E-state index in [1.165, 1.54) is 5.56 Å². The Morgan fingerprint density at radius 1 is 1.35 bits per heavy atom. The molecule has 0 bridgehead atoms. The minimum atomic E-state index is -0.683. The Morgan fingerprint density at radius 3 is 2.45 bits per heavy atom. The first-order valence-electron chi connectivity index (χ1n) is 7.11. The summed E-state index contributed by atoms with van der Waals surface area (Å²) in [5.41, 5.74) is 1.29. The van der Waals surface area contributed by atoms with Crippen LogP contribution >= 0.6 is 0 Å². The number of aliphatic carboxylic acids is 1. The van der Waals surface area contributed by atoms with Gasteiger partial charge in [0.15, 0.2) is 0 Å². The molecule has 0 spiro atoms. The Kier molecular flexibility index (Phi) is 4.65. The maximum Gasteiger partial charge on any atom is 0.306 e. The van der Waals surface area contributed by atoms with Gasteiger partial charge >= 0.3 is 5.97 Å². The molecule has 0 amide bonds. The number of nitrogens with zero attached hydrogens (tertiary/aromatic N) is 1. The van der Waals surface area contributed by atoms with Gasteiger partial charge in [-0.15, -0.1) is 0 Å². The lowest BCUT2D eigenvalue weighted by atomic mass is 9.85. The molecule has 2 rings (SSSR count). The van der Waals surface area contributed by atoms with Crippen molar-refractivity contribution in [1.29, 1.82) is 0 Å². The van der Waals surface area contributed by atoms with Crippen molar-refractivity contribution >= 4 is 5.97 Å². The molecule has 1 heterocycles. The highest BCUT2D eigenvalue weighted by Crippen LogP contribution is 2.27. The van der Waals surface area contributed by atoms with Crippen LogP contribution in [0.15, 0.2) is 24.3 Å². The van der Waals surface area contributed by atoms with Crippen LogP contribution in [0, 0.1) is 11.8 Å². The molecule has 1 saturated heterocycles. The van der Waals surface area contributed by atoms with Gasteiger partial charge in [0.1, 0.15) is 5.75 Å². The van der Waals surface area contributed by atoms with E-state index in [0.717, 1.165) is 25.3 Å². The zero-order chi connectivity index (χ0) is 14.7. The van der Waals surface area contributed by atoms with E-state index in [4.69, 9.17) is 9.84 Å². The first-order valence-corrected chi connectivity index (χ1v) is 7.11. The average Bonchev–Trinajstić information content (AvgIpc) is 2.37. The van der Waals surface area contributed by atoms with Crippen LogP contribution in [-0.2, 0) is 11.2 Å². The SMILES string of the molecule is COc1ccc(CC(C)N2CC(C(C)C(=O)O)C2)cc1. The molecule has 0 saturated carbocycles. The van der Waals surface area contributed by atoms with Gasteiger partial charge in [0.05, 0.1) is 13.0 Å². The van der Waals surface area contributed by atoms with Crippen LogP contribution < -0.4 is 4.74 Å². The molecular weight excluding hydrogens is 254 g/mol. The van der Waals surface area contributed by atoms with Crippen LogP contribution in [0.4, 0.5) is 0 Å². The Morgan fingerprint density at radius 2 is 1.95 bits per heavy atom. The fraction of sp³-hybridized carbons (Fsp3) is 0.562. The van der Waals surface area contributed by atoms with Crippen molar-refractivity contribution < 1.29 is 14.6 Å². The second kappa shape index (κ2) is 6.27. The number of ether oxygens (including phenoxy) is 1. The van der Waals surface area contributed by atoms with Gasteiger partial charge in [0.25, 0.3) is 0 Å². The molecule has 0 radical (unpaired) electrons. The Hall–Kier alpha value is -1.55. The highest BCUT2D eigenvalue weighted by molar-refractivity contribution is 5.70. The topological polar surface area (TPSA) is 49.8 Å². The molecule has 1 N–H and O–H groups in total. The summed E-state index contributed by atoms with van der Waals surface area (Å²) in [6.45, 7) is 5.79. The van der Waals surface area contributed by atoms with E-state index in [1.807, 2.05) is 12.1 Å². The smallest absolute Gasteiger partial charge is 0.306 e. The molecule has 4 nitrogen and oxygen atoms in total. The van der Waals surface area contributed by atoms with E-state index < -0.39 is 5.97 Å². The van der Waals surface area contributed by atoms with Gasteiger partial charge in [0, 0.05) is 19.1 Å². The van der Waals surface area contributed by atoms with Crippen LogP contribution in [0.2, 0.25) is 0 Å². The minimum Gasteiger partial charge on any atom is -0.497 e. The summed E-state index contributed by atoms with van der Waals surface area (Å²) in [4.78, 5) is 13.3. The molecule has 0 aromatic heterocycles. The normalized spacial score (nSPS) is 19.1. The summed E-state index contributed by atoms with van der Waals surface area (Å²) in [7, 11) is 1.67. The monoisotopic (exact) mass is 277 g/mol. The van der Waals surface area contributed by atoms with E-state index in [1.54, 1.807) is 14.0 Å². The number of methoxy groups -OCH3 is 1. The van der Waals surface area contributed by atoms with Crippen LogP contribution in [-0.4, -0.2) is 42.2 Å². The number of carboxylic acid groups (broad SMARTS) is 1. The summed E-state index contributed by atoms with van der Waals surface area (Å²) >= 11 is 0. The number of likely N-dealkylation sites (tertiary alicyclic amines) is 1. The molecular formula is C16H23NO3. The quantitative estimate of drug-likeness (QED) is 0.866. The highest BCUT2D eigenvalue weighted by Gasteiger charge is 2.36. The van der Waals surface area contributed by atoms with E-state index in [2.05, 4.69) is 24.0 Å². The predicted molar refractivity (Wildman–Crippen MR) is 78.0 cm³/mol. The van der Waals surface area contributed by atoms with E-state index in [9.17, 15) is 4.79 Å². The fourth-order valence-corrected chi connectivity index (χ4v) is 2.66. The zero-order valence-electron chi connectivity index (χ0n) is 12.4. The molecule has 1 aromatic carbocycles. The molecule has 1 aliphatic rings. The second-order valence-corrected chi connectivity index (χ2v) is 5.74. The lowest BCUT2D eigenvalue weighted by molar-refractivity contribution is -0.145. The van der Waals surface area contributed by atoms with Crippen molar-refractivity contribution in [3.63, 3.8) is 0 Å². The van der Waals surface area contributed by atoms with Gasteiger partial charge in [-0.05, 0) is 37.0 Å². The molecule has 1 fully saturated rings. The van der Waals surface area contributed by atoms with Crippen LogP contribution in [0.5, 0.6) is 5.75 Å². The number of hydrogen-bond donors (Lipinski definition) is 1. The number of hydrogen-bond acceptors (Lipinski definition) is 3. The van der Waals surface area contributed by atoms with Crippen molar-refractivity contribution in [2.75, 3.05) is 20.2 Å². The number of carboxylic acids is 1. The molecule has 110 valence electrons. The van der Waals surface area contributed by atoms with Crippen LogP contribution in [0.3, 0.4) is 0 Å². The molecule has 2 unspecified atom stereocenters. The third kappa shape index (κ3) is 3.31. The molecule has 2 atom stereocenters. The first-order chi connectivity index (χ1) is 9.51. The van der Waals surface area contributed by atoms with Crippen molar-refractivity contribution in [2.24, 2.45) is 11.8 Å². The van der Waals surface area contributed by atoms with Gasteiger partial charge in [-0.2, -0.15) is 0 Å². The lowest BCUT2D eigenvalue weighted by Gasteiger charge is -2.45. The number of benzene rings is 1. The summed E-state index contributed by atoms with van der Waals surface area (Å²) in [5.74, 6) is 0.253. The predicted octanol–water partition coefficient (Wildman–Crippen LogP) is 2.28. The van der Waals surface area contributed by atoms with Crippen LogP contribution in [0.1, 0.15) is 19.4 Å². The summed E-state index contributed by atoms with van der Waals surface area (Å²) in [6, 6.07) is 8.58. The van der Waals surface area contributed by atoms with Gasteiger partial charge in [-0.1, -0.05) is 19.1 Å². The third-order valence-corrected chi connectivity index (χ3v) is 4.35. The lowest BCUT2D eigenvalue weighted by Crippen LogP contribution is -2.54. The molecule has 1 aromatic rings. The Balaban J connectivity index is 1.81. The Labute approximate surface area is 120 Å². The molecule has 1 aliphatic heterocycles. The maximum absolute atomic E-state index is 10.9. The van der Waals surface area contributed by atoms with Crippen LogP contribution in [0.25, 0.3) is 0 Å². The number of carbonyl (C=O) groups is 1. The fourth-order valence-electron chi connectivity index (χ4n) is 2.66. The van der Waals surface area contributed by atoms with Crippen molar-refractivity contribution in [1.82, 2.24) is 4.90 Å². The average molecular weight is 277 g/mol. The van der Waals surface area contributed by atoms with E-state index in [0.29, 0.717) is 12.0 Å².